The maximum Gasteiger partial charge on any atom is 0.242 e. The quantitative estimate of drug-likeness (QED) is 0.495. The van der Waals surface area contributed by atoms with Gasteiger partial charge in [0.15, 0.2) is 0 Å². The number of nitrogens with zero attached hydrogens (tertiary/aromatic N) is 2. The Hall–Kier alpha value is -2.38. The predicted molar refractivity (Wildman–Crippen MR) is 117 cm³/mol. The predicted octanol–water partition coefficient (Wildman–Crippen LogP) is 2.80. The number of halogens is 2. The molecule has 31 heavy (non-hydrogen) atoms. The Bertz CT molecular complexity index is 887. The average Bonchev–Trinajstić information content (AvgIpc) is 3.01. The van der Waals surface area contributed by atoms with Gasteiger partial charge in [0.05, 0.1) is 11.8 Å². The molecule has 3 rings (SSSR count). The lowest BCUT2D eigenvalue weighted by Crippen LogP contribution is -2.47. The summed E-state index contributed by atoms with van der Waals surface area (Å²) in [5.74, 6) is -1.85. The van der Waals surface area contributed by atoms with E-state index in [1.165, 1.54) is 16.8 Å². The summed E-state index contributed by atoms with van der Waals surface area (Å²) >= 11 is 12.5. The maximum absolute atomic E-state index is 13.1. The molecular weight excluding hydrogens is 441 g/mol. The van der Waals surface area contributed by atoms with Crippen LogP contribution >= 0.6 is 23.2 Å². The molecule has 1 N–H and O–H groups in total. The fourth-order valence-corrected chi connectivity index (χ4v) is 4.60. The summed E-state index contributed by atoms with van der Waals surface area (Å²) in [5.41, 5.74) is 0.528. The van der Waals surface area contributed by atoms with E-state index in [1.807, 2.05) is 12.2 Å². The number of carbonyl (C=O) groups is 4. The van der Waals surface area contributed by atoms with Crippen molar-refractivity contribution < 1.29 is 19.2 Å². The van der Waals surface area contributed by atoms with E-state index in [0.717, 1.165) is 0 Å². The number of nitrogens with one attached hydrogen (secondary N) is 1. The fraction of sp³-hybridized carbons (Fsp3) is 0.455. The zero-order chi connectivity index (χ0) is 22.7. The number of rotatable bonds is 7. The third-order valence-electron chi connectivity index (χ3n) is 5.95. The van der Waals surface area contributed by atoms with Gasteiger partial charge in [-0.05, 0) is 31.9 Å². The van der Waals surface area contributed by atoms with E-state index in [9.17, 15) is 19.2 Å². The van der Waals surface area contributed by atoms with Gasteiger partial charge in [0, 0.05) is 42.2 Å². The Labute approximate surface area is 191 Å². The van der Waals surface area contributed by atoms with Gasteiger partial charge in [0.2, 0.25) is 23.6 Å². The lowest BCUT2D eigenvalue weighted by Gasteiger charge is -2.29. The molecule has 1 saturated heterocycles. The monoisotopic (exact) mass is 465 g/mol. The van der Waals surface area contributed by atoms with Gasteiger partial charge < -0.3 is 10.2 Å². The van der Waals surface area contributed by atoms with Crippen LogP contribution in [0, 0.1) is 11.8 Å². The van der Waals surface area contributed by atoms with Crippen molar-refractivity contribution in [3.05, 3.63) is 46.0 Å². The number of hydrogen-bond acceptors (Lipinski definition) is 4. The Morgan fingerprint density at radius 1 is 1.13 bits per heavy atom. The van der Waals surface area contributed by atoms with Crippen LogP contribution in [0.2, 0.25) is 10.0 Å². The van der Waals surface area contributed by atoms with Crippen molar-refractivity contribution >= 4 is 46.8 Å². The molecule has 0 saturated carbocycles. The minimum atomic E-state index is -0.790. The summed E-state index contributed by atoms with van der Waals surface area (Å²) in [4.78, 5) is 53.2. The smallest absolute Gasteiger partial charge is 0.242 e. The Kier molecular flexibility index (Phi) is 7.38. The van der Waals surface area contributed by atoms with Crippen LogP contribution in [0.25, 0.3) is 0 Å². The van der Waals surface area contributed by atoms with Crippen LogP contribution in [0.5, 0.6) is 0 Å². The number of fused-ring (bicyclic) bond motifs is 1. The summed E-state index contributed by atoms with van der Waals surface area (Å²) in [7, 11) is 1.49. The molecule has 1 aliphatic heterocycles. The number of benzene rings is 1. The van der Waals surface area contributed by atoms with Crippen LogP contribution in [-0.4, -0.2) is 53.1 Å². The third-order valence-corrected chi connectivity index (χ3v) is 6.66. The van der Waals surface area contributed by atoms with Crippen LogP contribution in [0.4, 0.5) is 0 Å². The van der Waals surface area contributed by atoms with E-state index in [0.29, 0.717) is 28.5 Å². The van der Waals surface area contributed by atoms with E-state index in [1.54, 1.807) is 25.1 Å². The summed E-state index contributed by atoms with van der Waals surface area (Å²) in [6, 6.07) is 4.23. The zero-order valence-electron chi connectivity index (χ0n) is 17.4. The molecule has 2 aliphatic rings. The second-order valence-electron chi connectivity index (χ2n) is 7.75. The van der Waals surface area contributed by atoms with Crippen LogP contribution in [0.3, 0.4) is 0 Å². The van der Waals surface area contributed by atoms with Crippen molar-refractivity contribution in [2.45, 2.75) is 38.8 Å². The zero-order valence-corrected chi connectivity index (χ0v) is 18.9. The highest BCUT2D eigenvalue weighted by atomic mass is 35.5. The Balaban J connectivity index is 1.75. The molecule has 1 fully saturated rings. The molecule has 0 radical (unpaired) electrons. The van der Waals surface area contributed by atoms with Crippen molar-refractivity contribution in [1.29, 1.82) is 0 Å². The molecule has 4 amide bonds. The number of allylic oxidation sites excluding steroid dienone is 2. The van der Waals surface area contributed by atoms with Gasteiger partial charge in [-0.15, -0.1) is 0 Å². The maximum atomic E-state index is 13.1. The molecule has 7 nitrogen and oxygen atoms in total. The lowest BCUT2D eigenvalue weighted by atomic mass is 9.85. The molecule has 3 atom stereocenters. The number of hydrogen-bond donors (Lipinski definition) is 1. The number of carbonyl (C=O) groups excluding carboxylic acids is 4. The van der Waals surface area contributed by atoms with Crippen LogP contribution in [-0.2, 0) is 25.7 Å². The first-order chi connectivity index (χ1) is 14.8. The Morgan fingerprint density at radius 3 is 2.19 bits per heavy atom. The first-order valence-corrected chi connectivity index (χ1v) is 11.0. The second-order valence-corrected chi connectivity index (χ2v) is 8.56. The fourth-order valence-electron chi connectivity index (χ4n) is 4.09. The van der Waals surface area contributed by atoms with Crippen LogP contribution in [0.15, 0.2) is 30.4 Å². The molecule has 0 aromatic heterocycles. The van der Waals surface area contributed by atoms with Crippen molar-refractivity contribution in [2.75, 3.05) is 13.6 Å². The summed E-state index contributed by atoms with van der Waals surface area (Å²) in [6.45, 7) is 1.62. The largest absolute Gasteiger partial charge is 0.357 e. The molecular formula is C22H25Cl2N3O4. The number of amides is 4. The van der Waals surface area contributed by atoms with E-state index >= 15 is 0 Å². The van der Waals surface area contributed by atoms with E-state index in [2.05, 4.69) is 5.32 Å². The van der Waals surface area contributed by atoms with E-state index in [4.69, 9.17) is 23.2 Å². The van der Waals surface area contributed by atoms with Crippen LogP contribution < -0.4 is 5.32 Å². The van der Waals surface area contributed by atoms with Gasteiger partial charge in [-0.1, -0.05) is 41.4 Å². The minimum Gasteiger partial charge on any atom is -0.357 e. The van der Waals surface area contributed by atoms with Gasteiger partial charge in [0.25, 0.3) is 0 Å². The number of likely N-dealkylation sites (tertiary alicyclic amines) is 1. The molecule has 1 heterocycles. The molecule has 1 aromatic carbocycles. The second kappa shape index (κ2) is 9.83. The van der Waals surface area contributed by atoms with Crippen molar-refractivity contribution in [1.82, 2.24) is 15.1 Å². The highest BCUT2D eigenvalue weighted by molar-refractivity contribution is 6.36. The van der Waals surface area contributed by atoms with Crippen molar-refractivity contribution in [3.63, 3.8) is 0 Å². The van der Waals surface area contributed by atoms with Crippen molar-refractivity contribution in [3.8, 4) is 0 Å². The van der Waals surface area contributed by atoms with Gasteiger partial charge in [0.1, 0.15) is 6.04 Å². The van der Waals surface area contributed by atoms with Gasteiger partial charge >= 0.3 is 0 Å². The molecule has 9 heteroatoms. The molecule has 166 valence electrons. The first-order valence-electron chi connectivity index (χ1n) is 10.2. The van der Waals surface area contributed by atoms with Crippen LogP contribution in [0.1, 0.15) is 31.7 Å². The standard InChI is InChI=1S/C22H25Cl2N3O4/c1-13(20(29)25-2)27(12-16-17(23)8-5-9-18(16)24)19(28)10-11-26-21(30)14-6-3-4-7-15(14)22(26)31/h3-5,8-9,13-15H,6-7,10-12H2,1-2H3,(H,25,29)/t13?,14-,15+. The molecule has 1 unspecified atom stereocenters. The number of likely N-dealkylation sites (N-methyl/N-ethyl adjacent to an activating group) is 1. The first kappa shape index (κ1) is 23.3. The summed E-state index contributed by atoms with van der Waals surface area (Å²) < 4.78 is 0. The average molecular weight is 466 g/mol. The SMILES string of the molecule is CNC(=O)C(C)N(Cc1c(Cl)cccc1Cl)C(=O)CCN1C(=O)[C@H]2CC=CC[C@H]2C1=O. The molecule has 0 spiro atoms. The molecule has 0 bridgehead atoms. The summed E-state index contributed by atoms with van der Waals surface area (Å²) in [6.07, 6.45) is 4.84. The third kappa shape index (κ3) is 4.77. The summed E-state index contributed by atoms with van der Waals surface area (Å²) in [5, 5.41) is 3.31. The molecule has 1 aliphatic carbocycles. The van der Waals surface area contributed by atoms with Crippen molar-refractivity contribution in [2.24, 2.45) is 11.8 Å². The minimum absolute atomic E-state index is 0.0171. The van der Waals surface area contributed by atoms with E-state index in [-0.39, 0.29) is 55.0 Å². The number of imide groups is 1. The van der Waals surface area contributed by atoms with Gasteiger partial charge in [-0.3, -0.25) is 24.1 Å². The van der Waals surface area contributed by atoms with Gasteiger partial charge in [-0.25, -0.2) is 0 Å². The highest BCUT2D eigenvalue weighted by Gasteiger charge is 2.47. The highest BCUT2D eigenvalue weighted by Crippen LogP contribution is 2.35. The molecule has 1 aromatic rings. The van der Waals surface area contributed by atoms with E-state index < -0.39 is 6.04 Å². The van der Waals surface area contributed by atoms with Gasteiger partial charge in [-0.2, -0.15) is 0 Å². The normalized spacial score (nSPS) is 21.1. The Morgan fingerprint density at radius 2 is 1.68 bits per heavy atom. The topological polar surface area (TPSA) is 86.8 Å². The lowest BCUT2D eigenvalue weighted by molar-refractivity contribution is -0.143.